The van der Waals surface area contributed by atoms with Crippen molar-refractivity contribution >= 4 is 34.1 Å². The molecule has 1 aliphatic heterocycles. The number of halogens is 2. The van der Waals surface area contributed by atoms with Crippen LogP contribution >= 0.6 is 23.2 Å². The summed E-state index contributed by atoms with van der Waals surface area (Å²) in [7, 11) is 6.48. The van der Waals surface area contributed by atoms with E-state index in [0.717, 1.165) is 19.6 Å². The first kappa shape index (κ1) is 21.5. The number of nitrogens with zero attached hydrogens (tertiary/aromatic N) is 3. The molecule has 1 aliphatic rings. The molecule has 6 heteroatoms. The van der Waals surface area contributed by atoms with Crippen molar-refractivity contribution in [3.05, 3.63) is 63.8 Å². The molecule has 3 aromatic rings. The first-order valence-electron chi connectivity index (χ1n) is 10.5. The van der Waals surface area contributed by atoms with Crippen molar-refractivity contribution < 1.29 is 4.74 Å². The van der Waals surface area contributed by atoms with Gasteiger partial charge in [-0.05, 0) is 69.9 Å². The Morgan fingerprint density at radius 3 is 2.50 bits per heavy atom. The Hall–Kier alpha value is -1.72. The maximum atomic E-state index is 6.32. The van der Waals surface area contributed by atoms with E-state index in [-0.39, 0.29) is 0 Å². The monoisotopic (exact) mass is 445 g/mol. The van der Waals surface area contributed by atoms with Crippen LogP contribution in [0.15, 0.2) is 42.5 Å². The van der Waals surface area contributed by atoms with Crippen LogP contribution in [0.5, 0.6) is 5.75 Å². The second-order valence-electron chi connectivity index (χ2n) is 8.34. The third-order valence-electron chi connectivity index (χ3n) is 6.27. The van der Waals surface area contributed by atoms with Crippen LogP contribution in [-0.2, 0) is 20.2 Å². The summed E-state index contributed by atoms with van der Waals surface area (Å²) in [6, 6.07) is 14.6. The summed E-state index contributed by atoms with van der Waals surface area (Å²) in [6.45, 7) is 3.65. The van der Waals surface area contributed by atoms with Gasteiger partial charge in [0.15, 0.2) is 0 Å². The molecule has 0 unspecified atom stereocenters. The van der Waals surface area contributed by atoms with Gasteiger partial charge in [-0.3, -0.25) is 4.90 Å². The molecule has 1 aromatic heterocycles. The molecule has 0 N–H and O–H groups in total. The lowest BCUT2D eigenvalue weighted by Gasteiger charge is -2.35. The maximum Gasteiger partial charge on any atom is 0.138 e. The van der Waals surface area contributed by atoms with E-state index in [9.17, 15) is 0 Å². The van der Waals surface area contributed by atoms with Crippen LogP contribution in [0.3, 0.4) is 0 Å². The minimum atomic E-state index is 0.468. The Bertz CT molecular complexity index is 1020. The summed E-state index contributed by atoms with van der Waals surface area (Å²) in [5.41, 5.74) is 3.77. The number of rotatable bonds is 6. The lowest BCUT2D eigenvalue weighted by atomic mass is 10.0. The number of benzene rings is 2. The van der Waals surface area contributed by atoms with Crippen LogP contribution < -0.4 is 4.74 Å². The molecular weight excluding hydrogens is 417 g/mol. The van der Waals surface area contributed by atoms with Gasteiger partial charge < -0.3 is 14.2 Å². The van der Waals surface area contributed by atoms with Crippen molar-refractivity contribution in [1.29, 1.82) is 0 Å². The van der Waals surface area contributed by atoms with Gasteiger partial charge in [0.25, 0.3) is 0 Å². The number of likely N-dealkylation sites (tertiary alicyclic amines) is 1. The van der Waals surface area contributed by atoms with E-state index in [0.29, 0.717) is 28.4 Å². The molecule has 0 spiro atoms. The highest BCUT2D eigenvalue weighted by Crippen LogP contribution is 2.31. The van der Waals surface area contributed by atoms with Crippen molar-refractivity contribution in [1.82, 2.24) is 14.4 Å². The van der Waals surface area contributed by atoms with E-state index in [1.54, 1.807) is 12.1 Å². The number of hydrogen-bond donors (Lipinski definition) is 0. The average Bonchev–Trinajstić information content (AvgIpc) is 2.99. The van der Waals surface area contributed by atoms with E-state index in [1.165, 1.54) is 35.0 Å². The Morgan fingerprint density at radius 1 is 1.07 bits per heavy atom. The second-order valence-corrected chi connectivity index (χ2v) is 9.18. The predicted molar refractivity (Wildman–Crippen MR) is 126 cm³/mol. The minimum absolute atomic E-state index is 0.468. The molecule has 2 heterocycles. The zero-order valence-electron chi connectivity index (χ0n) is 17.9. The summed E-state index contributed by atoms with van der Waals surface area (Å²) in [5, 5.41) is 2.45. The number of fused-ring (bicyclic) bond motifs is 1. The quantitative estimate of drug-likeness (QED) is 0.493. The minimum Gasteiger partial charge on any atom is -0.486 e. The summed E-state index contributed by atoms with van der Waals surface area (Å²) in [5.74, 6) is 0.657. The van der Waals surface area contributed by atoms with E-state index in [4.69, 9.17) is 27.9 Å². The van der Waals surface area contributed by atoms with Gasteiger partial charge in [0.1, 0.15) is 12.4 Å². The van der Waals surface area contributed by atoms with Crippen LogP contribution in [-0.4, -0.2) is 47.6 Å². The zero-order valence-corrected chi connectivity index (χ0v) is 19.4. The standard InChI is InChI=1S/C24H29Cl2N3O/c1-27(2)18-10-12-29(13-11-18)15-20-19-6-4-5-7-22(19)28(3)23(20)16-30-24-9-8-17(25)14-21(24)26/h4-9,14,18H,10-13,15-16H2,1-3H3. The van der Waals surface area contributed by atoms with Crippen molar-refractivity contribution in [2.75, 3.05) is 27.2 Å². The molecule has 4 rings (SSSR count). The first-order chi connectivity index (χ1) is 14.4. The lowest BCUT2D eigenvalue weighted by molar-refractivity contribution is 0.139. The molecule has 4 nitrogen and oxygen atoms in total. The zero-order chi connectivity index (χ0) is 21.3. The molecule has 0 radical (unpaired) electrons. The Balaban J connectivity index is 1.58. The molecule has 160 valence electrons. The highest BCUT2D eigenvalue weighted by atomic mass is 35.5. The highest BCUT2D eigenvalue weighted by Gasteiger charge is 2.23. The molecule has 0 aliphatic carbocycles. The molecule has 0 saturated carbocycles. The SMILES string of the molecule is CN(C)C1CCN(Cc2c(COc3ccc(Cl)cc3Cl)n(C)c3ccccc23)CC1. The van der Waals surface area contributed by atoms with Crippen LogP contribution in [0.4, 0.5) is 0 Å². The fraction of sp³-hybridized carbons (Fsp3) is 0.417. The third-order valence-corrected chi connectivity index (χ3v) is 6.80. The number of para-hydroxylation sites is 1. The Labute approximate surface area is 188 Å². The first-order valence-corrected chi connectivity index (χ1v) is 11.2. The van der Waals surface area contributed by atoms with E-state index in [2.05, 4.69) is 59.8 Å². The van der Waals surface area contributed by atoms with Crippen molar-refractivity contribution in [2.24, 2.45) is 7.05 Å². The molecule has 30 heavy (non-hydrogen) atoms. The van der Waals surface area contributed by atoms with Crippen molar-refractivity contribution in [2.45, 2.75) is 32.0 Å². The van der Waals surface area contributed by atoms with Gasteiger partial charge in [0.05, 0.1) is 10.7 Å². The van der Waals surface area contributed by atoms with E-state index in [1.807, 2.05) is 6.07 Å². The molecule has 0 amide bonds. The summed E-state index contributed by atoms with van der Waals surface area (Å²) >= 11 is 12.3. The van der Waals surface area contributed by atoms with Crippen LogP contribution in [0.1, 0.15) is 24.1 Å². The molecular formula is C24H29Cl2N3O. The molecule has 0 atom stereocenters. The van der Waals surface area contributed by atoms with Crippen molar-refractivity contribution in [3.63, 3.8) is 0 Å². The fourth-order valence-corrected chi connectivity index (χ4v) is 4.90. The van der Waals surface area contributed by atoms with Crippen molar-refractivity contribution in [3.8, 4) is 5.75 Å². The van der Waals surface area contributed by atoms with Gasteiger partial charge in [-0.2, -0.15) is 0 Å². The lowest BCUT2D eigenvalue weighted by Crippen LogP contribution is -2.41. The summed E-state index contributed by atoms with van der Waals surface area (Å²) in [4.78, 5) is 4.92. The van der Waals surface area contributed by atoms with Gasteiger partial charge in [-0.1, -0.05) is 41.4 Å². The van der Waals surface area contributed by atoms with Crippen LogP contribution in [0.2, 0.25) is 10.0 Å². The molecule has 0 bridgehead atoms. The van der Waals surface area contributed by atoms with Gasteiger partial charge in [-0.15, -0.1) is 0 Å². The molecule has 1 saturated heterocycles. The van der Waals surface area contributed by atoms with Gasteiger partial charge in [-0.25, -0.2) is 0 Å². The fourth-order valence-electron chi connectivity index (χ4n) is 4.44. The van der Waals surface area contributed by atoms with Gasteiger partial charge in [0, 0.05) is 35.6 Å². The Kier molecular flexibility index (Phi) is 6.59. The number of ether oxygens (including phenoxy) is 1. The summed E-state index contributed by atoms with van der Waals surface area (Å²) < 4.78 is 8.38. The second kappa shape index (κ2) is 9.19. The smallest absolute Gasteiger partial charge is 0.138 e. The maximum absolute atomic E-state index is 6.32. The van der Waals surface area contributed by atoms with E-state index < -0.39 is 0 Å². The van der Waals surface area contributed by atoms with E-state index >= 15 is 0 Å². The normalized spacial score (nSPS) is 15.9. The van der Waals surface area contributed by atoms with Gasteiger partial charge >= 0.3 is 0 Å². The van der Waals surface area contributed by atoms with Crippen LogP contribution in [0, 0.1) is 0 Å². The molecule has 1 fully saturated rings. The summed E-state index contributed by atoms with van der Waals surface area (Å²) in [6.07, 6.45) is 2.42. The average molecular weight is 446 g/mol. The number of hydrogen-bond acceptors (Lipinski definition) is 3. The Morgan fingerprint density at radius 2 is 1.80 bits per heavy atom. The highest BCUT2D eigenvalue weighted by molar-refractivity contribution is 6.35. The number of aryl methyl sites for hydroxylation is 1. The number of piperidine rings is 1. The largest absolute Gasteiger partial charge is 0.486 e. The number of aromatic nitrogens is 1. The topological polar surface area (TPSA) is 20.6 Å². The van der Waals surface area contributed by atoms with Crippen LogP contribution in [0.25, 0.3) is 10.9 Å². The van der Waals surface area contributed by atoms with Gasteiger partial charge in [0.2, 0.25) is 0 Å². The predicted octanol–water partition coefficient (Wildman–Crippen LogP) is 5.59. The molecule has 2 aromatic carbocycles. The third kappa shape index (κ3) is 4.47.